The van der Waals surface area contributed by atoms with Crippen LogP contribution in [0.3, 0.4) is 0 Å². The van der Waals surface area contributed by atoms with E-state index in [0.29, 0.717) is 59.5 Å². The van der Waals surface area contributed by atoms with Crippen molar-refractivity contribution in [3.63, 3.8) is 0 Å². The zero-order chi connectivity index (χ0) is 39.6. The number of carbonyl (C=O) groups excluding carboxylic acids is 2. The van der Waals surface area contributed by atoms with Crippen molar-refractivity contribution in [3.8, 4) is 22.6 Å². The summed E-state index contributed by atoms with van der Waals surface area (Å²) in [4.78, 5) is 50.3. The first-order valence-electron chi connectivity index (χ1n) is 18.7. The molecule has 1 amide bonds. The molecule has 6 aromatic rings. The molecule has 286 valence electrons. The molecule has 2 aromatic heterocycles. The fourth-order valence-corrected chi connectivity index (χ4v) is 7.87. The molecule has 0 radical (unpaired) electrons. The van der Waals surface area contributed by atoms with Crippen molar-refractivity contribution in [2.24, 2.45) is 5.92 Å². The van der Waals surface area contributed by atoms with Crippen LogP contribution in [0, 0.1) is 12.8 Å². The summed E-state index contributed by atoms with van der Waals surface area (Å²) >= 11 is 1.44. The van der Waals surface area contributed by atoms with Crippen molar-refractivity contribution in [2.75, 3.05) is 16.8 Å². The van der Waals surface area contributed by atoms with Gasteiger partial charge in [0.25, 0.3) is 5.91 Å². The van der Waals surface area contributed by atoms with Crippen LogP contribution in [0.4, 0.5) is 10.9 Å². The predicted molar refractivity (Wildman–Crippen MR) is 220 cm³/mol. The fourth-order valence-electron chi connectivity index (χ4n) is 7.01. The van der Waals surface area contributed by atoms with Crippen LogP contribution in [-0.2, 0) is 28.9 Å². The summed E-state index contributed by atoms with van der Waals surface area (Å²) in [7, 11) is 0. The van der Waals surface area contributed by atoms with Crippen molar-refractivity contribution >= 4 is 50.3 Å². The number of pyridine rings is 1. The van der Waals surface area contributed by atoms with Crippen LogP contribution in [0.15, 0.2) is 97.1 Å². The SMILES string of the molecule is Cc1c(Oc2ccc(C[C@H](C)CC(=O)O)cc2)cccc1-c1ccc(N2CCc3cccc(C(=O)Nc4nc5ccccc5s4)c3C2)nc1C(=O)OC(C)(C)C. The standard InChI is InChI=1S/C45H44N4O6S/c1-27(25-40(50)51)24-29-16-18-31(19-17-29)54-37-14-9-11-32(28(37)2)33-20-21-39(47-41(33)43(53)55-45(3,4)5)49-23-22-30-10-8-12-34(35(30)26-49)42(52)48-44-46-36-13-6-7-15-38(36)56-44/h6-21,27H,22-26H2,1-5H3,(H,50,51)(H,46,48,52)/t27-/m0/s1. The number of nitrogens with one attached hydrogen (secondary N) is 1. The van der Waals surface area contributed by atoms with Crippen LogP contribution in [0.25, 0.3) is 21.3 Å². The number of para-hydroxylation sites is 1. The van der Waals surface area contributed by atoms with Gasteiger partial charge >= 0.3 is 11.9 Å². The van der Waals surface area contributed by atoms with Crippen LogP contribution in [0.2, 0.25) is 0 Å². The number of anilines is 2. The van der Waals surface area contributed by atoms with Crippen LogP contribution < -0.4 is 15.0 Å². The average Bonchev–Trinajstić information content (AvgIpc) is 3.57. The van der Waals surface area contributed by atoms with Crippen molar-refractivity contribution in [2.45, 2.75) is 66.0 Å². The second kappa shape index (κ2) is 16.0. The smallest absolute Gasteiger partial charge is 0.358 e. The van der Waals surface area contributed by atoms with Gasteiger partial charge in [0.15, 0.2) is 10.8 Å². The molecule has 1 aliphatic rings. The first-order chi connectivity index (χ1) is 26.8. The van der Waals surface area contributed by atoms with E-state index in [1.54, 1.807) is 0 Å². The topological polar surface area (TPSA) is 131 Å². The Balaban J connectivity index is 1.16. The van der Waals surface area contributed by atoms with E-state index >= 15 is 0 Å². The minimum Gasteiger partial charge on any atom is -0.481 e. The van der Waals surface area contributed by atoms with Gasteiger partial charge in [0.05, 0.1) is 10.2 Å². The molecule has 0 saturated heterocycles. The minimum absolute atomic E-state index is 0.0166. The average molecular weight is 769 g/mol. The molecule has 3 heterocycles. The highest BCUT2D eigenvalue weighted by molar-refractivity contribution is 7.22. The van der Waals surface area contributed by atoms with E-state index in [4.69, 9.17) is 19.6 Å². The number of ether oxygens (including phenoxy) is 2. The van der Waals surface area contributed by atoms with Crippen molar-refractivity contribution < 1.29 is 29.0 Å². The van der Waals surface area contributed by atoms with Gasteiger partial charge in [0.2, 0.25) is 0 Å². The molecule has 10 nitrogen and oxygen atoms in total. The number of thiazole rings is 1. The Bertz CT molecular complexity index is 2400. The first kappa shape index (κ1) is 38.2. The summed E-state index contributed by atoms with van der Waals surface area (Å²) in [6.07, 6.45) is 1.47. The van der Waals surface area contributed by atoms with Crippen LogP contribution in [0.1, 0.15) is 77.2 Å². The van der Waals surface area contributed by atoms with Crippen LogP contribution in [-0.4, -0.2) is 45.1 Å². The summed E-state index contributed by atoms with van der Waals surface area (Å²) < 4.78 is 13.2. The van der Waals surface area contributed by atoms with Gasteiger partial charge < -0.3 is 19.5 Å². The third kappa shape index (κ3) is 8.74. The molecule has 7 rings (SSSR count). The second-order valence-electron chi connectivity index (χ2n) is 15.2. The maximum atomic E-state index is 13.9. The van der Waals surface area contributed by atoms with E-state index in [9.17, 15) is 14.4 Å². The first-order valence-corrected chi connectivity index (χ1v) is 19.5. The summed E-state index contributed by atoms with van der Waals surface area (Å²) in [6, 6.07) is 30.8. The molecule has 2 N–H and O–H groups in total. The number of hydrogen-bond donors (Lipinski definition) is 2. The summed E-state index contributed by atoms with van der Waals surface area (Å²) in [6.45, 7) is 10.4. The number of carboxylic acid groups (broad SMARTS) is 1. The van der Waals surface area contributed by atoms with Gasteiger partial charge in [-0.3, -0.25) is 14.9 Å². The van der Waals surface area contributed by atoms with E-state index < -0.39 is 17.5 Å². The van der Waals surface area contributed by atoms with Crippen LogP contribution >= 0.6 is 11.3 Å². The molecule has 56 heavy (non-hydrogen) atoms. The van der Waals surface area contributed by atoms with E-state index in [1.807, 2.05) is 126 Å². The van der Waals surface area contributed by atoms with Gasteiger partial charge in [-0.15, -0.1) is 0 Å². The van der Waals surface area contributed by atoms with Crippen LogP contribution in [0.5, 0.6) is 11.5 Å². The Morgan fingerprint density at radius 1 is 0.911 bits per heavy atom. The lowest BCUT2D eigenvalue weighted by molar-refractivity contribution is -0.137. The fraction of sp³-hybridized carbons (Fsp3) is 0.267. The third-order valence-corrected chi connectivity index (χ3v) is 10.6. The normalized spacial score (nSPS) is 13.2. The Kier molecular flexibility index (Phi) is 10.9. The van der Waals surface area contributed by atoms with E-state index in [2.05, 4.69) is 21.3 Å². The quantitative estimate of drug-likeness (QED) is 0.124. The lowest BCUT2D eigenvalue weighted by Gasteiger charge is -2.31. The molecule has 0 unspecified atom stereocenters. The van der Waals surface area contributed by atoms with E-state index in [1.165, 1.54) is 11.3 Å². The van der Waals surface area contributed by atoms with Crippen molar-refractivity contribution in [3.05, 3.63) is 131 Å². The van der Waals surface area contributed by atoms with Crippen molar-refractivity contribution in [1.82, 2.24) is 9.97 Å². The molecular formula is C45H44N4O6S. The number of fused-ring (bicyclic) bond motifs is 2. The highest BCUT2D eigenvalue weighted by atomic mass is 32.1. The van der Waals surface area contributed by atoms with Gasteiger partial charge in [-0.2, -0.15) is 0 Å². The molecule has 4 aromatic carbocycles. The highest BCUT2D eigenvalue weighted by Crippen LogP contribution is 2.37. The Hall–Kier alpha value is -6.07. The highest BCUT2D eigenvalue weighted by Gasteiger charge is 2.28. The van der Waals surface area contributed by atoms with Crippen molar-refractivity contribution in [1.29, 1.82) is 0 Å². The second-order valence-corrected chi connectivity index (χ2v) is 16.2. The zero-order valence-electron chi connectivity index (χ0n) is 32.1. The molecule has 1 aliphatic heterocycles. The van der Waals surface area contributed by atoms with Gasteiger partial charge in [0.1, 0.15) is 22.9 Å². The Labute approximate surface area is 330 Å². The van der Waals surface area contributed by atoms with Gasteiger partial charge in [-0.25, -0.2) is 14.8 Å². The lowest BCUT2D eigenvalue weighted by atomic mass is 9.94. The van der Waals surface area contributed by atoms with Gasteiger partial charge in [-0.05, 0) is 123 Å². The largest absolute Gasteiger partial charge is 0.481 e. The number of amides is 1. The number of nitrogens with zero attached hydrogens (tertiary/aromatic N) is 3. The van der Waals surface area contributed by atoms with E-state index in [-0.39, 0.29) is 23.9 Å². The molecule has 1 atom stereocenters. The number of rotatable bonds is 11. The Morgan fingerprint density at radius 2 is 1.68 bits per heavy atom. The minimum atomic E-state index is -0.804. The number of esters is 1. The molecule has 11 heteroatoms. The predicted octanol–water partition coefficient (Wildman–Crippen LogP) is 9.88. The number of carbonyl (C=O) groups is 3. The lowest BCUT2D eigenvalue weighted by Crippen LogP contribution is -2.33. The molecule has 0 aliphatic carbocycles. The number of benzene rings is 4. The molecular weight excluding hydrogens is 725 g/mol. The molecule has 0 bridgehead atoms. The summed E-state index contributed by atoms with van der Waals surface area (Å²) in [5.74, 6) is 0.312. The van der Waals surface area contributed by atoms with Gasteiger partial charge in [-0.1, -0.05) is 66.8 Å². The maximum Gasteiger partial charge on any atom is 0.358 e. The summed E-state index contributed by atoms with van der Waals surface area (Å²) in [5.41, 5.74) is 6.09. The zero-order valence-corrected chi connectivity index (χ0v) is 32.9. The number of aliphatic carboxylic acids is 1. The number of carboxylic acids is 1. The molecule has 0 fully saturated rings. The number of hydrogen-bond acceptors (Lipinski definition) is 9. The van der Waals surface area contributed by atoms with Gasteiger partial charge in [0, 0.05) is 30.6 Å². The number of aromatic nitrogens is 2. The van der Waals surface area contributed by atoms with E-state index in [0.717, 1.165) is 38.0 Å². The third-order valence-electron chi connectivity index (χ3n) is 9.66. The Morgan fingerprint density at radius 3 is 2.43 bits per heavy atom. The maximum absolute atomic E-state index is 13.9. The molecule has 0 spiro atoms. The molecule has 0 saturated carbocycles. The summed E-state index contributed by atoms with van der Waals surface area (Å²) in [5, 5.41) is 12.7. The monoisotopic (exact) mass is 768 g/mol.